The van der Waals surface area contributed by atoms with Gasteiger partial charge in [-0.15, -0.1) is 0 Å². The molecule has 0 unspecified atom stereocenters. The van der Waals surface area contributed by atoms with E-state index in [1.54, 1.807) is 0 Å². The molecule has 0 radical (unpaired) electrons. The van der Waals surface area contributed by atoms with Gasteiger partial charge in [0.25, 0.3) is 5.91 Å². The minimum atomic E-state index is -4.68. The monoisotopic (exact) mass is 263 g/mol. The number of aromatic nitrogens is 1. The van der Waals surface area contributed by atoms with Gasteiger partial charge in [-0.05, 0) is 12.8 Å². The maximum atomic E-state index is 12.3. The van der Waals surface area contributed by atoms with Gasteiger partial charge in [-0.25, -0.2) is 4.98 Å². The molecule has 18 heavy (non-hydrogen) atoms. The summed E-state index contributed by atoms with van der Waals surface area (Å²) in [5.74, 6) is -2.00. The van der Waals surface area contributed by atoms with E-state index in [0.29, 0.717) is 12.8 Å². The summed E-state index contributed by atoms with van der Waals surface area (Å²) in [7, 11) is 1.51. The molecule has 1 aliphatic carbocycles. The zero-order valence-corrected chi connectivity index (χ0v) is 9.57. The summed E-state index contributed by atoms with van der Waals surface area (Å²) in [5, 5.41) is 0. The average Bonchev–Trinajstić information content (AvgIpc) is 2.71. The second-order valence-electron chi connectivity index (χ2n) is 4.34. The Balaban J connectivity index is 2.07. The number of carbonyl (C=O) groups is 1. The van der Waals surface area contributed by atoms with E-state index >= 15 is 0 Å². The Kier molecular flexibility index (Phi) is 3.05. The van der Waals surface area contributed by atoms with Gasteiger partial charge < -0.3 is 15.1 Å². The number of alkyl halides is 3. The fourth-order valence-electron chi connectivity index (χ4n) is 1.79. The third-order valence-electron chi connectivity index (χ3n) is 2.98. The van der Waals surface area contributed by atoms with Crippen molar-refractivity contribution >= 4 is 5.91 Å². The van der Waals surface area contributed by atoms with Crippen LogP contribution in [0.4, 0.5) is 13.2 Å². The largest absolute Gasteiger partial charge is 0.468 e. The minimum Gasteiger partial charge on any atom is -0.441 e. The molecular weight excluding hydrogens is 251 g/mol. The second kappa shape index (κ2) is 4.27. The second-order valence-corrected chi connectivity index (χ2v) is 4.34. The topological polar surface area (TPSA) is 72.4 Å². The molecule has 100 valence electrons. The van der Waals surface area contributed by atoms with Crippen LogP contribution in [-0.4, -0.2) is 34.9 Å². The number of rotatable bonds is 2. The highest BCUT2D eigenvalue weighted by atomic mass is 19.4. The first-order valence-corrected chi connectivity index (χ1v) is 5.34. The van der Waals surface area contributed by atoms with Crippen molar-refractivity contribution in [1.82, 2.24) is 9.88 Å². The van der Waals surface area contributed by atoms with Crippen molar-refractivity contribution in [2.75, 3.05) is 7.05 Å². The smallest absolute Gasteiger partial charge is 0.441 e. The van der Waals surface area contributed by atoms with Gasteiger partial charge in [0.1, 0.15) is 6.26 Å². The van der Waals surface area contributed by atoms with Crippen LogP contribution in [0.2, 0.25) is 0 Å². The molecule has 8 heteroatoms. The van der Waals surface area contributed by atoms with Crippen molar-refractivity contribution in [3.8, 4) is 0 Å². The van der Waals surface area contributed by atoms with Crippen LogP contribution in [0, 0.1) is 0 Å². The molecule has 0 saturated heterocycles. The molecule has 1 amide bonds. The van der Waals surface area contributed by atoms with Crippen molar-refractivity contribution in [1.29, 1.82) is 0 Å². The Labute approximate surface area is 101 Å². The highest BCUT2D eigenvalue weighted by Crippen LogP contribution is 2.29. The zero-order valence-electron chi connectivity index (χ0n) is 9.57. The van der Waals surface area contributed by atoms with E-state index in [1.807, 2.05) is 0 Å². The molecule has 1 aromatic heterocycles. The number of nitrogens with zero attached hydrogens (tertiary/aromatic N) is 2. The summed E-state index contributed by atoms with van der Waals surface area (Å²) < 4.78 is 41.0. The molecular formula is C10H12F3N3O2. The lowest BCUT2D eigenvalue weighted by molar-refractivity contribution is -0.157. The Hall–Kier alpha value is -1.57. The standard InChI is InChI=1S/C10H12F3N3O2/c1-16(6-2-5(14)3-6)8(17)7-4-18-9(15-7)10(11,12)13/h4-6H,2-3,14H2,1H3. The SMILES string of the molecule is CN(C(=O)c1coc(C(F)(F)F)n1)C1CC(N)C1. The molecule has 0 spiro atoms. The highest BCUT2D eigenvalue weighted by Gasteiger charge is 2.39. The van der Waals surface area contributed by atoms with Gasteiger partial charge in [-0.2, -0.15) is 13.2 Å². The zero-order chi connectivity index (χ0) is 13.5. The molecule has 2 N–H and O–H groups in total. The summed E-state index contributed by atoms with van der Waals surface area (Å²) in [6, 6.07) is 0.00633. The number of carbonyl (C=O) groups excluding carboxylic acids is 1. The van der Waals surface area contributed by atoms with Gasteiger partial charge in [0.05, 0.1) is 0 Å². The van der Waals surface area contributed by atoms with Gasteiger partial charge in [0, 0.05) is 19.1 Å². The van der Waals surface area contributed by atoms with Gasteiger partial charge in [-0.3, -0.25) is 4.79 Å². The predicted octanol–water partition coefficient (Wildman–Crippen LogP) is 1.26. The number of halogens is 3. The number of hydrogen-bond acceptors (Lipinski definition) is 4. The van der Waals surface area contributed by atoms with Crippen molar-refractivity contribution < 1.29 is 22.4 Å². The molecule has 2 rings (SSSR count). The molecule has 1 aliphatic rings. The third kappa shape index (κ3) is 2.33. The molecule has 1 aromatic rings. The van der Waals surface area contributed by atoms with E-state index in [4.69, 9.17) is 5.73 Å². The first-order valence-electron chi connectivity index (χ1n) is 5.34. The van der Waals surface area contributed by atoms with Gasteiger partial charge >= 0.3 is 12.1 Å². The van der Waals surface area contributed by atoms with Crippen molar-refractivity contribution in [3.63, 3.8) is 0 Å². The van der Waals surface area contributed by atoms with Crippen LogP contribution in [0.3, 0.4) is 0 Å². The molecule has 0 aromatic carbocycles. The molecule has 0 aliphatic heterocycles. The summed E-state index contributed by atoms with van der Waals surface area (Å²) in [5.41, 5.74) is 5.24. The third-order valence-corrected chi connectivity index (χ3v) is 2.98. The Bertz CT molecular complexity index is 451. The Morgan fingerprint density at radius 2 is 2.17 bits per heavy atom. The quantitative estimate of drug-likeness (QED) is 0.871. The van der Waals surface area contributed by atoms with Gasteiger partial charge in [0.15, 0.2) is 5.69 Å². The average molecular weight is 263 g/mol. The van der Waals surface area contributed by atoms with Crippen LogP contribution in [-0.2, 0) is 6.18 Å². The van der Waals surface area contributed by atoms with Crippen LogP contribution in [0.1, 0.15) is 29.2 Å². The first-order chi connectivity index (χ1) is 8.29. The van der Waals surface area contributed by atoms with E-state index in [2.05, 4.69) is 9.40 Å². The van der Waals surface area contributed by atoms with E-state index in [1.165, 1.54) is 11.9 Å². The van der Waals surface area contributed by atoms with E-state index in [-0.39, 0.29) is 17.8 Å². The molecule has 1 fully saturated rings. The van der Waals surface area contributed by atoms with Crippen LogP contribution in [0.5, 0.6) is 0 Å². The van der Waals surface area contributed by atoms with Crippen LogP contribution in [0.25, 0.3) is 0 Å². The minimum absolute atomic E-state index is 0.0430. The summed E-state index contributed by atoms with van der Waals surface area (Å²) in [4.78, 5) is 16.3. The number of hydrogen-bond donors (Lipinski definition) is 1. The number of nitrogens with two attached hydrogens (primary N) is 1. The molecule has 1 heterocycles. The molecule has 1 saturated carbocycles. The number of oxazole rings is 1. The molecule has 0 atom stereocenters. The maximum absolute atomic E-state index is 12.3. The molecule has 5 nitrogen and oxygen atoms in total. The van der Waals surface area contributed by atoms with E-state index in [9.17, 15) is 18.0 Å². The summed E-state index contributed by atoms with van der Waals surface area (Å²) in [6.07, 6.45) is -2.67. The number of amides is 1. The predicted molar refractivity (Wildman–Crippen MR) is 54.6 cm³/mol. The van der Waals surface area contributed by atoms with Crippen molar-refractivity contribution in [2.45, 2.75) is 31.1 Å². The fraction of sp³-hybridized carbons (Fsp3) is 0.600. The van der Waals surface area contributed by atoms with Crippen LogP contribution < -0.4 is 5.73 Å². The maximum Gasteiger partial charge on any atom is 0.468 e. The van der Waals surface area contributed by atoms with Crippen LogP contribution in [0.15, 0.2) is 10.7 Å². The van der Waals surface area contributed by atoms with E-state index in [0.717, 1.165) is 6.26 Å². The molecule has 0 bridgehead atoms. The van der Waals surface area contributed by atoms with Gasteiger partial charge in [0.2, 0.25) is 0 Å². The lowest BCUT2D eigenvalue weighted by Crippen LogP contribution is -2.51. The summed E-state index contributed by atoms with van der Waals surface area (Å²) in [6.45, 7) is 0. The van der Waals surface area contributed by atoms with Crippen molar-refractivity contribution in [3.05, 3.63) is 17.8 Å². The lowest BCUT2D eigenvalue weighted by atomic mass is 9.86. The Morgan fingerprint density at radius 1 is 1.56 bits per heavy atom. The van der Waals surface area contributed by atoms with E-state index < -0.39 is 18.0 Å². The van der Waals surface area contributed by atoms with Crippen LogP contribution >= 0.6 is 0 Å². The lowest BCUT2D eigenvalue weighted by Gasteiger charge is -2.38. The van der Waals surface area contributed by atoms with Gasteiger partial charge in [-0.1, -0.05) is 0 Å². The normalized spacial score (nSPS) is 23.6. The first kappa shape index (κ1) is 12.9. The fourth-order valence-corrected chi connectivity index (χ4v) is 1.79. The Morgan fingerprint density at radius 3 is 2.61 bits per heavy atom. The summed E-state index contributed by atoms with van der Waals surface area (Å²) >= 11 is 0. The highest BCUT2D eigenvalue weighted by molar-refractivity contribution is 5.92. The van der Waals surface area contributed by atoms with Crippen molar-refractivity contribution in [2.24, 2.45) is 5.73 Å².